The van der Waals surface area contributed by atoms with Crippen molar-refractivity contribution in [3.05, 3.63) is 47.4 Å². The van der Waals surface area contributed by atoms with Gasteiger partial charge in [-0.2, -0.15) is 0 Å². The van der Waals surface area contributed by atoms with E-state index in [0.29, 0.717) is 28.8 Å². The number of nitrogens with zero attached hydrogens (tertiary/aromatic N) is 2. The third-order valence-corrected chi connectivity index (χ3v) is 5.42. The fourth-order valence-electron chi connectivity index (χ4n) is 3.84. The number of fused-ring (bicyclic) bond motifs is 1. The number of aliphatic hydroxyl groups excluding tert-OH is 1. The Bertz CT molecular complexity index is 943. The molecule has 0 aromatic heterocycles. The Hall–Kier alpha value is -2.95. The number of rotatable bonds is 7. The average Bonchev–Trinajstić information content (AvgIpc) is 3.00. The van der Waals surface area contributed by atoms with E-state index in [-0.39, 0.29) is 16.6 Å². The van der Waals surface area contributed by atoms with Crippen LogP contribution in [0.1, 0.15) is 24.5 Å². The molecule has 154 valence electrons. The normalized spacial score (nSPS) is 21.8. The minimum atomic E-state index is -1.21. The molecule has 3 atom stereocenters. The first kappa shape index (κ1) is 20.8. The predicted molar refractivity (Wildman–Crippen MR) is 112 cm³/mol. The number of aliphatic carboxylic acids is 1. The molecule has 1 aromatic rings. The number of hydrazine groups is 1. The second kappa shape index (κ2) is 7.82. The maximum atomic E-state index is 12.4. The number of nitrogens with one attached hydrogen (secondary N) is 1. The van der Waals surface area contributed by atoms with Crippen LogP contribution in [0.2, 0.25) is 0 Å². The van der Waals surface area contributed by atoms with E-state index in [4.69, 9.17) is 23.8 Å². The van der Waals surface area contributed by atoms with Crippen LogP contribution in [0.15, 0.2) is 36.3 Å². The molecule has 0 saturated carbocycles. The molecule has 0 spiro atoms. The van der Waals surface area contributed by atoms with Crippen LogP contribution in [0.3, 0.4) is 0 Å². The van der Waals surface area contributed by atoms with Crippen LogP contribution in [0.25, 0.3) is 5.57 Å². The molecule has 1 amide bonds. The fourth-order valence-corrected chi connectivity index (χ4v) is 3.96. The first-order chi connectivity index (χ1) is 13.7. The fraction of sp³-hybridized carbons (Fsp3) is 0.316. The van der Waals surface area contributed by atoms with Gasteiger partial charge in [-0.3, -0.25) is 9.80 Å². The Kier molecular flexibility index (Phi) is 5.60. The van der Waals surface area contributed by atoms with Crippen LogP contribution in [-0.4, -0.2) is 51.2 Å². The van der Waals surface area contributed by atoms with Crippen LogP contribution in [0.4, 0.5) is 5.69 Å². The molecule has 1 aromatic carbocycles. The maximum Gasteiger partial charge on any atom is 0.352 e. The minimum Gasteiger partial charge on any atom is -0.477 e. The summed E-state index contributed by atoms with van der Waals surface area (Å²) in [5, 5.41) is 23.8. The van der Waals surface area contributed by atoms with Crippen molar-refractivity contribution in [2.75, 3.05) is 12.1 Å². The molecule has 1 fully saturated rings. The number of carbonyl (C=O) groups excluding carboxylic acids is 1. The molecule has 29 heavy (non-hydrogen) atoms. The van der Waals surface area contributed by atoms with Crippen LogP contribution in [0, 0.1) is 5.92 Å². The van der Waals surface area contributed by atoms with Gasteiger partial charge in [-0.1, -0.05) is 12.2 Å². The highest BCUT2D eigenvalue weighted by Gasteiger charge is 2.56. The van der Waals surface area contributed by atoms with Gasteiger partial charge in [0.15, 0.2) is 0 Å². The standard InChI is InChI=1S/C19H23N5O4S/c1-9(25)15-14-8-13(16(19(27)28)24(14)18(15)26)10-5-11(17(20)29)7-12(6-10)23(21)4-3-22-2/h3-7,9,14-15,22,25H,8,21H2,1-2H3,(H2,20,29)(H,27,28)/b4-3-. The maximum absolute atomic E-state index is 12.4. The van der Waals surface area contributed by atoms with Crippen molar-refractivity contribution in [2.24, 2.45) is 17.5 Å². The van der Waals surface area contributed by atoms with E-state index in [1.54, 1.807) is 37.6 Å². The molecule has 2 heterocycles. The summed E-state index contributed by atoms with van der Waals surface area (Å²) in [5.41, 5.74) is 7.82. The molecule has 3 rings (SSSR count). The summed E-state index contributed by atoms with van der Waals surface area (Å²) in [6.45, 7) is 1.53. The highest BCUT2D eigenvalue weighted by atomic mass is 32.1. The lowest BCUT2D eigenvalue weighted by Crippen LogP contribution is -2.61. The molecule has 9 nitrogen and oxygen atoms in total. The van der Waals surface area contributed by atoms with Crippen molar-refractivity contribution < 1.29 is 19.8 Å². The van der Waals surface area contributed by atoms with Gasteiger partial charge in [0.1, 0.15) is 10.7 Å². The highest BCUT2D eigenvalue weighted by Crippen LogP contribution is 2.47. The number of thiocarbonyl (C=S) groups is 1. The summed E-state index contributed by atoms with van der Waals surface area (Å²) in [6.07, 6.45) is 2.66. The van der Waals surface area contributed by atoms with Crippen molar-refractivity contribution in [1.29, 1.82) is 0 Å². The lowest BCUT2D eigenvalue weighted by atomic mass is 9.82. The number of nitrogens with two attached hydrogens (primary N) is 2. The number of hydrogen-bond donors (Lipinski definition) is 5. The van der Waals surface area contributed by atoms with Gasteiger partial charge in [-0.05, 0) is 42.7 Å². The number of carboxylic acids is 1. The van der Waals surface area contributed by atoms with Crippen molar-refractivity contribution in [3.8, 4) is 0 Å². The van der Waals surface area contributed by atoms with Crippen LogP contribution < -0.4 is 21.9 Å². The number of carboxylic acid groups (broad SMARTS) is 1. The monoisotopic (exact) mass is 417 g/mol. The van der Waals surface area contributed by atoms with E-state index in [1.807, 2.05) is 0 Å². The van der Waals surface area contributed by atoms with E-state index in [1.165, 1.54) is 16.8 Å². The number of β-lactam (4-membered cyclic amide) rings is 1. The first-order valence-corrected chi connectivity index (χ1v) is 9.39. The number of anilines is 1. The summed E-state index contributed by atoms with van der Waals surface area (Å²) >= 11 is 5.10. The van der Waals surface area contributed by atoms with Crippen molar-refractivity contribution >= 4 is 40.3 Å². The van der Waals surface area contributed by atoms with Crippen molar-refractivity contribution in [2.45, 2.75) is 25.5 Å². The van der Waals surface area contributed by atoms with Gasteiger partial charge in [0.2, 0.25) is 5.91 Å². The Morgan fingerprint density at radius 2 is 2.14 bits per heavy atom. The molecule has 7 N–H and O–H groups in total. The minimum absolute atomic E-state index is 0.0859. The summed E-state index contributed by atoms with van der Waals surface area (Å²) in [7, 11) is 1.73. The summed E-state index contributed by atoms with van der Waals surface area (Å²) in [5.74, 6) is 3.84. The van der Waals surface area contributed by atoms with Gasteiger partial charge in [0, 0.05) is 25.0 Å². The number of hydrogen-bond acceptors (Lipinski definition) is 7. The number of carbonyl (C=O) groups is 2. The summed E-state index contributed by atoms with van der Waals surface area (Å²) in [4.78, 5) is 25.8. The summed E-state index contributed by atoms with van der Waals surface area (Å²) < 4.78 is 0. The zero-order chi connectivity index (χ0) is 21.5. The van der Waals surface area contributed by atoms with Crippen molar-refractivity contribution in [3.63, 3.8) is 0 Å². The number of amides is 1. The molecule has 3 unspecified atom stereocenters. The van der Waals surface area contributed by atoms with E-state index in [2.05, 4.69) is 5.32 Å². The second-order valence-corrected chi connectivity index (χ2v) is 7.46. The molecule has 10 heteroatoms. The average molecular weight is 417 g/mol. The second-order valence-electron chi connectivity index (χ2n) is 7.02. The van der Waals surface area contributed by atoms with E-state index in [9.17, 15) is 19.8 Å². The highest BCUT2D eigenvalue weighted by molar-refractivity contribution is 7.80. The molecule has 2 aliphatic heterocycles. The molecule has 0 radical (unpaired) electrons. The molecule has 0 aliphatic carbocycles. The zero-order valence-corrected chi connectivity index (χ0v) is 16.8. The van der Waals surface area contributed by atoms with Crippen LogP contribution in [0.5, 0.6) is 0 Å². The van der Waals surface area contributed by atoms with Gasteiger partial charge in [0.05, 0.1) is 23.8 Å². The Morgan fingerprint density at radius 3 is 2.69 bits per heavy atom. The van der Waals surface area contributed by atoms with Gasteiger partial charge in [-0.15, -0.1) is 0 Å². The molecule has 1 saturated heterocycles. The Labute approximate surface area is 173 Å². The van der Waals surface area contributed by atoms with E-state index >= 15 is 0 Å². The van der Waals surface area contributed by atoms with Crippen LogP contribution in [-0.2, 0) is 9.59 Å². The third kappa shape index (κ3) is 3.57. The SMILES string of the molecule is CN/C=C\N(N)c1cc(C(N)=S)cc(C2=C(C(=O)O)N3C(=O)C(C(C)O)C3C2)c1. The largest absolute Gasteiger partial charge is 0.477 e. The lowest BCUT2D eigenvalue weighted by Gasteiger charge is -2.44. The molecular weight excluding hydrogens is 394 g/mol. The number of aliphatic hydroxyl groups is 1. The van der Waals surface area contributed by atoms with Gasteiger partial charge in [0.25, 0.3) is 0 Å². The Morgan fingerprint density at radius 1 is 1.45 bits per heavy atom. The summed E-state index contributed by atoms with van der Waals surface area (Å²) in [6, 6.07) is 4.71. The topological polar surface area (TPSA) is 145 Å². The first-order valence-electron chi connectivity index (χ1n) is 8.98. The van der Waals surface area contributed by atoms with Crippen LogP contribution >= 0.6 is 12.2 Å². The van der Waals surface area contributed by atoms with Gasteiger partial charge < -0.3 is 26.2 Å². The number of benzene rings is 1. The Balaban J connectivity index is 2.10. The van der Waals surface area contributed by atoms with E-state index in [0.717, 1.165) is 0 Å². The molecule has 0 bridgehead atoms. The third-order valence-electron chi connectivity index (χ3n) is 5.18. The van der Waals surface area contributed by atoms with Gasteiger partial charge in [-0.25, -0.2) is 10.6 Å². The van der Waals surface area contributed by atoms with E-state index < -0.39 is 24.0 Å². The quantitative estimate of drug-likeness (QED) is 0.180. The predicted octanol–water partition coefficient (Wildman–Crippen LogP) is 0.0987. The molecular formula is C19H23N5O4S. The van der Waals surface area contributed by atoms with Crippen molar-refractivity contribution in [1.82, 2.24) is 10.2 Å². The smallest absolute Gasteiger partial charge is 0.352 e. The van der Waals surface area contributed by atoms with Gasteiger partial charge >= 0.3 is 5.97 Å². The zero-order valence-electron chi connectivity index (χ0n) is 16.0. The molecule has 2 aliphatic rings. The lowest BCUT2D eigenvalue weighted by molar-refractivity contribution is -0.161.